The fourth-order valence-electron chi connectivity index (χ4n) is 1.28. The van der Waals surface area contributed by atoms with E-state index in [2.05, 4.69) is 14.7 Å². The molecular formula is C11H13ClNNaO4S. The van der Waals surface area contributed by atoms with Crippen molar-refractivity contribution in [3.05, 3.63) is 29.3 Å². The molecule has 1 aromatic carbocycles. The van der Waals surface area contributed by atoms with Gasteiger partial charge in [-0.3, -0.25) is 9.83 Å². The molecule has 0 saturated carbocycles. The maximum atomic E-state index is 11.8. The van der Waals surface area contributed by atoms with Crippen LogP contribution in [0.4, 0.5) is 0 Å². The first-order chi connectivity index (χ1) is 8.58. The predicted molar refractivity (Wildman–Crippen MR) is 66.9 cm³/mol. The predicted octanol–water partition coefficient (Wildman–Crippen LogP) is -1.41. The van der Waals surface area contributed by atoms with Crippen molar-refractivity contribution in [3.8, 4) is 0 Å². The Hall–Kier alpha value is 0.210. The average Bonchev–Trinajstić information content (AvgIpc) is 2.37. The largest absolute Gasteiger partial charge is 1.00 e. The second kappa shape index (κ2) is 10.0. The molecular weight excluding hydrogens is 301 g/mol. The maximum absolute atomic E-state index is 11.8. The summed E-state index contributed by atoms with van der Waals surface area (Å²) in [5.74, 6) is 0.164. The van der Waals surface area contributed by atoms with Crippen LogP contribution in [0.1, 0.15) is 22.8 Å². The zero-order valence-electron chi connectivity index (χ0n) is 10.9. The van der Waals surface area contributed by atoms with E-state index in [1.807, 2.05) is 6.92 Å². The van der Waals surface area contributed by atoms with Gasteiger partial charge in [-0.15, -0.1) is 11.6 Å². The van der Waals surface area contributed by atoms with Crippen LogP contribution in [-0.2, 0) is 9.37 Å². The van der Waals surface area contributed by atoms with E-state index in [-0.39, 0.29) is 41.5 Å². The zero-order chi connectivity index (χ0) is 13.5. The first kappa shape index (κ1) is 19.2. The molecule has 0 aliphatic carbocycles. The van der Waals surface area contributed by atoms with Gasteiger partial charge < -0.3 is 10.6 Å². The van der Waals surface area contributed by atoms with Crippen molar-refractivity contribution in [3.63, 3.8) is 0 Å². The number of hydrogen-bond acceptors (Lipinski definition) is 5. The quantitative estimate of drug-likeness (QED) is 0.230. The molecule has 0 aliphatic heterocycles. The van der Waals surface area contributed by atoms with Gasteiger partial charge in [0.15, 0.2) is 0 Å². The molecule has 0 bridgehead atoms. The maximum Gasteiger partial charge on any atom is 1.00 e. The fraction of sp³-hybridized carbons (Fsp3) is 0.364. The molecule has 0 fully saturated rings. The van der Waals surface area contributed by atoms with Gasteiger partial charge in [-0.25, -0.2) is 0 Å². The van der Waals surface area contributed by atoms with Crippen molar-refractivity contribution in [2.75, 3.05) is 5.88 Å². The summed E-state index contributed by atoms with van der Waals surface area (Å²) in [4.78, 5) is 12.5. The van der Waals surface area contributed by atoms with Gasteiger partial charge in [0, 0.05) is 22.4 Å². The molecule has 1 rings (SSSR count). The van der Waals surface area contributed by atoms with E-state index in [4.69, 9.17) is 11.6 Å². The Morgan fingerprint density at radius 3 is 2.79 bits per heavy atom. The van der Waals surface area contributed by atoms with Gasteiger partial charge >= 0.3 is 29.6 Å². The Balaban J connectivity index is 0.00000324. The van der Waals surface area contributed by atoms with Crippen molar-refractivity contribution < 1.29 is 49.0 Å². The van der Waals surface area contributed by atoms with E-state index in [0.717, 1.165) is 17.6 Å². The Morgan fingerprint density at radius 2 is 2.26 bits per heavy atom. The van der Waals surface area contributed by atoms with Gasteiger partial charge in [0.2, 0.25) is 0 Å². The minimum atomic E-state index is -0.191. The summed E-state index contributed by atoms with van der Waals surface area (Å²) in [5.41, 5.74) is 1.33. The fourth-order valence-corrected chi connectivity index (χ4v) is 1.77. The van der Waals surface area contributed by atoms with Crippen LogP contribution < -0.4 is 40.1 Å². The minimum absolute atomic E-state index is 0. The van der Waals surface area contributed by atoms with Gasteiger partial charge in [0.1, 0.15) is 0 Å². The van der Waals surface area contributed by atoms with Crippen LogP contribution >= 0.6 is 23.6 Å². The number of carbonyl (C=O) groups excluding carboxylic acids is 1. The van der Waals surface area contributed by atoms with E-state index in [1.165, 1.54) is 0 Å². The summed E-state index contributed by atoms with van der Waals surface area (Å²) in [6.45, 7) is 3.62. The van der Waals surface area contributed by atoms with Crippen LogP contribution in [0.3, 0.4) is 0 Å². The summed E-state index contributed by atoms with van der Waals surface area (Å²) in [5, 5.41) is 15.7. The van der Waals surface area contributed by atoms with Gasteiger partial charge in [0.05, 0.1) is 12.0 Å². The third kappa shape index (κ3) is 6.46. The second-order valence-electron chi connectivity index (χ2n) is 3.73. The molecule has 0 aromatic heterocycles. The van der Waals surface area contributed by atoms with Crippen LogP contribution in [0.5, 0.6) is 0 Å². The number of benzene rings is 1. The number of carbonyl (C=O) groups is 1. The normalized spacial score (nSPS) is 11.6. The summed E-state index contributed by atoms with van der Waals surface area (Å²) in [6, 6.07) is 4.93. The molecule has 19 heavy (non-hydrogen) atoms. The SMILES string of the molecule is Cc1cc(C(=O)NC(C)CCl)ccc1SOO[O-].[Na+]. The number of halogens is 1. The van der Waals surface area contributed by atoms with E-state index < -0.39 is 0 Å². The van der Waals surface area contributed by atoms with E-state index >= 15 is 0 Å². The number of aryl methyl sites for hydroxylation is 1. The van der Waals surface area contributed by atoms with Crippen LogP contribution in [0.25, 0.3) is 0 Å². The molecule has 100 valence electrons. The first-order valence-corrected chi connectivity index (χ1v) is 6.46. The summed E-state index contributed by atoms with van der Waals surface area (Å²) < 4.78 is 4.23. The standard InChI is InChI=1S/C11H14ClNO4S.Na/c1-7-5-9(11(14)13-8(2)6-12)3-4-10(7)18-17-16-15;/h3-5,8,15H,6H2,1-2H3,(H,13,14);/q;+1/p-1. The number of amides is 1. The van der Waals surface area contributed by atoms with Crippen LogP contribution in [0.15, 0.2) is 23.1 Å². The third-order valence-electron chi connectivity index (χ3n) is 2.20. The topological polar surface area (TPSA) is 70.6 Å². The van der Waals surface area contributed by atoms with Gasteiger partial charge in [-0.05, 0) is 37.6 Å². The Kier molecular flexibility index (Phi) is 10.1. The Morgan fingerprint density at radius 1 is 1.58 bits per heavy atom. The molecule has 8 heteroatoms. The number of hydrogen-bond donors (Lipinski definition) is 1. The second-order valence-corrected chi connectivity index (χ2v) is 4.78. The van der Waals surface area contributed by atoms with Gasteiger partial charge in [-0.2, -0.15) is 4.33 Å². The van der Waals surface area contributed by atoms with Gasteiger partial charge in [0.25, 0.3) is 5.91 Å². The molecule has 5 nitrogen and oxygen atoms in total. The molecule has 0 spiro atoms. The Labute approximate surface area is 143 Å². The van der Waals surface area contributed by atoms with E-state index in [1.54, 1.807) is 25.1 Å². The summed E-state index contributed by atoms with van der Waals surface area (Å²) in [7, 11) is 0. The average molecular weight is 314 g/mol. The van der Waals surface area contributed by atoms with Gasteiger partial charge in [-0.1, -0.05) is 0 Å². The summed E-state index contributed by atoms with van der Waals surface area (Å²) >= 11 is 6.42. The van der Waals surface area contributed by atoms with Crippen molar-refractivity contribution in [2.45, 2.75) is 24.8 Å². The molecule has 0 heterocycles. The minimum Gasteiger partial charge on any atom is -0.691 e. The van der Waals surface area contributed by atoms with E-state index in [9.17, 15) is 10.1 Å². The molecule has 1 atom stereocenters. The molecule has 0 aliphatic rings. The van der Waals surface area contributed by atoms with Crippen LogP contribution in [-0.4, -0.2) is 17.8 Å². The smallest absolute Gasteiger partial charge is 0.691 e. The van der Waals surface area contributed by atoms with Crippen molar-refractivity contribution in [1.29, 1.82) is 0 Å². The first-order valence-electron chi connectivity index (χ1n) is 5.19. The molecule has 1 N–H and O–H groups in total. The van der Waals surface area contributed by atoms with Crippen molar-refractivity contribution in [2.24, 2.45) is 0 Å². The molecule has 0 radical (unpaired) electrons. The molecule has 1 amide bonds. The van der Waals surface area contributed by atoms with Crippen molar-refractivity contribution in [1.82, 2.24) is 5.32 Å². The summed E-state index contributed by atoms with van der Waals surface area (Å²) in [6.07, 6.45) is 0. The number of rotatable bonds is 6. The monoisotopic (exact) mass is 313 g/mol. The Bertz CT molecular complexity index is 422. The third-order valence-corrected chi connectivity index (χ3v) is 3.42. The molecule has 1 unspecified atom stereocenters. The zero-order valence-corrected chi connectivity index (χ0v) is 14.5. The number of alkyl halides is 1. The van der Waals surface area contributed by atoms with Crippen molar-refractivity contribution >= 4 is 29.6 Å². The molecule has 0 saturated heterocycles. The molecule has 1 aromatic rings. The van der Waals surface area contributed by atoms with E-state index in [0.29, 0.717) is 16.3 Å². The van der Waals surface area contributed by atoms with Crippen LogP contribution in [0.2, 0.25) is 0 Å². The van der Waals surface area contributed by atoms with Crippen LogP contribution in [0, 0.1) is 6.92 Å². The number of nitrogens with one attached hydrogen (secondary N) is 1.